The van der Waals surface area contributed by atoms with Crippen LogP contribution in [-0.2, 0) is 0 Å². The van der Waals surface area contributed by atoms with Gasteiger partial charge in [-0.05, 0) is 30.3 Å². The van der Waals surface area contributed by atoms with E-state index >= 15 is 0 Å². The van der Waals surface area contributed by atoms with Crippen molar-refractivity contribution in [1.82, 2.24) is 4.98 Å². The summed E-state index contributed by atoms with van der Waals surface area (Å²) in [6.07, 6.45) is 0. The third-order valence-electron chi connectivity index (χ3n) is 3.12. The molecule has 118 valence electrons. The Kier molecular flexibility index (Phi) is 4.14. The average molecular weight is 339 g/mol. The van der Waals surface area contributed by atoms with E-state index in [-0.39, 0.29) is 5.71 Å². The van der Waals surface area contributed by atoms with Crippen molar-refractivity contribution in [3.8, 4) is 17.5 Å². The highest BCUT2D eigenvalue weighted by Gasteiger charge is 2.09. The van der Waals surface area contributed by atoms with Gasteiger partial charge in [0.25, 0.3) is 0 Å². The van der Waals surface area contributed by atoms with Gasteiger partial charge >= 0.3 is 0 Å². The highest BCUT2D eigenvalue weighted by atomic mass is 35.5. The van der Waals surface area contributed by atoms with Crippen molar-refractivity contribution >= 4 is 39.9 Å². The molecular weight excluding hydrogens is 328 g/mol. The number of nitrogens with one attached hydrogen (secondary N) is 2. The molecule has 8 heteroatoms. The lowest BCUT2D eigenvalue weighted by Gasteiger charge is -2.02. The number of amidine groups is 1. The van der Waals surface area contributed by atoms with Crippen LogP contribution in [0.5, 0.6) is 0 Å². The normalized spacial score (nSPS) is 11.2. The second-order valence-corrected chi connectivity index (χ2v) is 5.25. The Balaban J connectivity index is 1.92. The Labute approximate surface area is 141 Å². The van der Waals surface area contributed by atoms with Gasteiger partial charge in [-0.25, -0.2) is 4.98 Å². The summed E-state index contributed by atoms with van der Waals surface area (Å²) in [5.74, 6) is 0.0314. The zero-order valence-electron chi connectivity index (χ0n) is 12.2. The van der Waals surface area contributed by atoms with Gasteiger partial charge in [-0.3, -0.25) is 10.8 Å². The minimum absolute atomic E-state index is 0.197. The second-order valence-electron chi connectivity index (χ2n) is 4.81. The fraction of sp³-hybridized carbons (Fsp3) is 0. The monoisotopic (exact) mass is 338 g/mol. The predicted octanol–water partition coefficient (Wildman–Crippen LogP) is 3.38. The lowest BCUT2D eigenvalue weighted by molar-refractivity contribution is 0.620. The van der Waals surface area contributed by atoms with Crippen LogP contribution in [0.1, 0.15) is 0 Å². The Morgan fingerprint density at radius 3 is 2.92 bits per heavy atom. The Morgan fingerprint density at radius 2 is 2.17 bits per heavy atom. The summed E-state index contributed by atoms with van der Waals surface area (Å²) in [7, 11) is 0. The van der Waals surface area contributed by atoms with Crippen LogP contribution < -0.4 is 11.2 Å². The molecule has 0 aliphatic carbocycles. The van der Waals surface area contributed by atoms with Crippen molar-refractivity contribution in [3.05, 3.63) is 47.5 Å². The Morgan fingerprint density at radius 1 is 1.33 bits per heavy atom. The first kappa shape index (κ1) is 15.5. The lowest BCUT2D eigenvalue weighted by Crippen LogP contribution is -2.21. The van der Waals surface area contributed by atoms with Crippen LogP contribution in [0.25, 0.3) is 22.6 Å². The molecule has 1 heterocycles. The molecule has 0 saturated heterocycles. The van der Waals surface area contributed by atoms with Crippen molar-refractivity contribution in [2.24, 2.45) is 10.8 Å². The number of anilines is 1. The fourth-order valence-electron chi connectivity index (χ4n) is 2.01. The molecule has 7 nitrogen and oxygen atoms in total. The molecule has 0 aliphatic rings. The summed E-state index contributed by atoms with van der Waals surface area (Å²) in [5.41, 5.74) is 10.4. The first-order chi connectivity index (χ1) is 11.6. The molecule has 0 aliphatic heterocycles. The van der Waals surface area contributed by atoms with Crippen LogP contribution in [0.2, 0.25) is 5.02 Å². The van der Waals surface area contributed by atoms with Crippen LogP contribution in [0.15, 0.2) is 52.0 Å². The first-order valence-electron chi connectivity index (χ1n) is 6.81. The molecule has 4 N–H and O–H groups in total. The first-order valence-corrected chi connectivity index (χ1v) is 7.19. The van der Waals surface area contributed by atoms with E-state index in [2.05, 4.69) is 15.5 Å². The number of oxazole rings is 1. The third kappa shape index (κ3) is 3.19. The van der Waals surface area contributed by atoms with Gasteiger partial charge in [0, 0.05) is 16.7 Å². The second kappa shape index (κ2) is 6.40. The van der Waals surface area contributed by atoms with E-state index in [0.29, 0.717) is 27.7 Å². The van der Waals surface area contributed by atoms with Crippen molar-refractivity contribution in [2.45, 2.75) is 0 Å². The van der Waals surface area contributed by atoms with Crippen molar-refractivity contribution in [2.75, 3.05) is 5.43 Å². The van der Waals surface area contributed by atoms with E-state index in [1.807, 2.05) is 6.07 Å². The van der Waals surface area contributed by atoms with Gasteiger partial charge in [0.15, 0.2) is 11.4 Å². The number of halogens is 1. The number of rotatable bonds is 4. The van der Waals surface area contributed by atoms with E-state index in [4.69, 9.17) is 32.4 Å². The number of benzene rings is 2. The van der Waals surface area contributed by atoms with Gasteiger partial charge in [-0.2, -0.15) is 10.4 Å². The number of hydrazone groups is 1. The molecule has 0 unspecified atom stereocenters. The van der Waals surface area contributed by atoms with Gasteiger partial charge in [-0.1, -0.05) is 17.7 Å². The highest BCUT2D eigenvalue weighted by molar-refractivity contribution is 6.45. The number of fused-ring (bicyclic) bond motifs is 1. The summed E-state index contributed by atoms with van der Waals surface area (Å²) in [6.45, 7) is 0. The van der Waals surface area contributed by atoms with Crippen molar-refractivity contribution < 1.29 is 4.42 Å². The van der Waals surface area contributed by atoms with Gasteiger partial charge < -0.3 is 10.2 Å². The van der Waals surface area contributed by atoms with Gasteiger partial charge in [0.2, 0.25) is 11.6 Å². The van der Waals surface area contributed by atoms with Crippen LogP contribution in [0, 0.1) is 16.7 Å². The molecule has 0 saturated carbocycles. The maximum Gasteiger partial charge on any atom is 0.227 e. The summed E-state index contributed by atoms with van der Waals surface area (Å²) < 4.78 is 5.71. The number of hydrogen-bond acceptors (Lipinski definition) is 6. The molecule has 0 spiro atoms. The Bertz CT molecular complexity index is 1000. The van der Waals surface area contributed by atoms with Crippen LogP contribution in [-0.4, -0.2) is 16.5 Å². The summed E-state index contributed by atoms with van der Waals surface area (Å²) in [6, 6.07) is 14.1. The minimum Gasteiger partial charge on any atom is -0.436 e. The highest BCUT2D eigenvalue weighted by Crippen LogP contribution is 2.27. The van der Waals surface area contributed by atoms with Crippen LogP contribution in [0.3, 0.4) is 0 Å². The molecule has 0 bridgehead atoms. The van der Waals surface area contributed by atoms with Crippen molar-refractivity contribution in [1.29, 1.82) is 10.7 Å². The fourth-order valence-corrected chi connectivity index (χ4v) is 2.17. The smallest absolute Gasteiger partial charge is 0.227 e. The molecule has 3 aromatic rings. The summed E-state index contributed by atoms with van der Waals surface area (Å²) in [4.78, 5) is 4.41. The third-order valence-corrected chi connectivity index (χ3v) is 3.35. The Hall–Kier alpha value is -3.37. The standard InChI is InChI=1S/C16H11ClN6O/c17-10-4-5-12-14(7-10)24-16(21-12)9-2-1-3-11(6-9)22-23-13(8-18)15(19)20/h1-7,22H,(H3,19,20)/b23-13+. The van der Waals surface area contributed by atoms with Crippen LogP contribution >= 0.6 is 11.6 Å². The van der Waals surface area contributed by atoms with Gasteiger partial charge in [0.1, 0.15) is 11.6 Å². The molecule has 0 fully saturated rings. The molecule has 0 atom stereocenters. The molecule has 1 aromatic heterocycles. The van der Waals surface area contributed by atoms with Gasteiger partial charge in [-0.15, -0.1) is 0 Å². The maximum atomic E-state index is 8.83. The average Bonchev–Trinajstić information content (AvgIpc) is 2.98. The lowest BCUT2D eigenvalue weighted by atomic mass is 10.2. The molecule has 3 rings (SSSR count). The summed E-state index contributed by atoms with van der Waals surface area (Å²) >= 11 is 5.94. The number of hydrogen-bond donors (Lipinski definition) is 3. The zero-order chi connectivity index (χ0) is 17.1. The SMILES string of the molecule is N#C/C(=N\Nc1cccc(-c2nc3ccc(Cl)cc3o2)c1)C(=N)N. The van der Waals surface area contributed by atoms with E-state index in [1.165, 1.54) is 0 Å². The predicted molar refractivity (Wildman–Crippen MR) is 93.0 cm³/mol. The molecular formula is C16H11ClN6O. The number of nitrogens with two attached hydrogens (primary N) is 1. The maximum absolute atomic E-state index is 8.83. The van der Waals surface area contributed by atoms with Gasteiger partial charge in [0.05, 0.1) is 5.69 Å². The molecule has 0 amide bonds. The number of nitriles is 1. The molecule has 2 aromatic carbocycles. The van der Waals surface area contributed by atoms with E-state index in [1.54, 1.807) is 42.5 Å². The topological polar surface area (TPSA) is 124 Å². The minimum atomic E-state index is -0.406. The number of aromatic nitrogens is 1. The molecule has 0 radical (unpaired) electrons. The zero-order valence-corrected chi connectivity index (χ0v) is 13.0. The van der Waals surface area contributed by atoms with E-state index in [9.17, 15) is 0 Å². The van der Waals surface area contributed by atoms with E-state index < -0.39 is 5.84 Å². The van der Waals surface area contributed by atoms with E-state index in [0.717, 1.165) is 5.56 Å². The molecule has 24 heavy (non-hydrogen) atoms. The quantitative estimate of drug-likeness (QED) is 0.382. The number of nitrogens with zero attached hydrogens (tertiary/aromatic N) is 3. The van der Waals surface area contributed by atoms with Crippen molar-refractivity contribution in [3.63, 3.8) is 0 Å². The summed E-state index contributed by atoms with van der Waals surface area (Å²) in [5, 5.41) is 20.4. The van der Waals surface area contributed by atoms with Crippen LogP contribution in [0.4, 0.5) is 5.69 Å². The largest absolute Gasteiger partial charge is 0.436 e.